The first-order valence-electron chi connectivity index (χ1n) is 10.2. The van der Waals surface area contributed by atoms with Crippen LogP contribution in [0.3, 0.4) is 0 Å². The van der Waals surface area contributed by atoms with Crippen molar-refractivity contribution < 1.29 is 0 Å². The number of hydrogen-bond acceptors (Lipinski definition) is 2. The third kappa shape index (κ3) is 2.49. The van der Waals surface area contributed by atoms with Crippen molar-refractivity contribution in [3.63, 3.8) is 0 Å². The Morgan fingerprint density at radius 1 is 0.852 bits per heavy atom. The van der Waals surface area contributed by atoms with E-state index in [1.807, 2.05) is 0 Å². The van der Waals surface area contributed by atoms with Crippen molar-refractivity contribution in [3.8, 4) is 0 Å². The molecule has 3 nitrogen and oxygen atoms in total. The maximum absolute atomic E-state index is 3.93. The Labute approximate surface area is 161 Å². The van der Waals surface area contributed by atoms with Crippen LogP contribution in [0.5, 0.6) is 0 Å². The highest BCUT2D eigenvalue weighted by atomic mass is 15.2. The normalized spacial score (nSPS) is 28.0. The summed E-state index contributed by atoms with van der Waals surface area (Å²) in [5, 5.41) is 5.35. The van der Waals surface area contributed by atoms with Gasteiger partial charge in [-0.15, -0.1) is 0 Å². The SMILES string of the molecule is CN(C)[C@]1(c2ccccc2)CC[C@@]2(CC1)NCCc1c3ccccc3[nH]c12. The first kappa shape index (κ1) is 17.0. The zero-order chi connectivity index (χ0) is 18.5. The van der Waals surface area contributed by atoms with Gasteiger partial charge in [0, 0.05) is 28.7 Å². The van der Waals surface area contributed by atoms with Gasteiger partial charge in [-0.2, -0.15) is 0 Å². The molecule has 1 aromatic heterocycles. The molecule has 1 spiro atoms. The zero-order valence-corrected chi connectivity index (χ0v) is 16.4. The summed E-state index contributed by atoms with van der Waals surface area (Å²) in [4.78, 5) is 6.25. The van der Waals surface area contributed by atoms with E-state index < -0.39 is 0 Å². The van der Waals surface area contributed by atoms with Gasteiger partial charge in [-0.3, -0.25) is 4.90 Å². The molecule has 140 valence electrons. The van der Waals surface area contributed by atoms with Crippen molar-refractivity contribution in [1.82, 2.24) is 15.2 Å². The second-order valence-electron chi connectivity index (χ2n) is 8.58. The number of aromatic amines is 1. The second-order valence-corrected chi connectivity index (χ2v) is 8.58. The molecule has 0 radical (unpaired) electrons. The number of hydrogen-bond donors (Lipinski definition) is 2. The van der Waals surface area contributed by atoms with Crippen LogP contribution < -0.4 is 5.32 Å². The minimum Gasteiger partial charge on any atom is -0.357 e. The predicted molar refractivity (Wildman–Crippen MR) is 112 cm³/mol. The molecule has 5 rings (SSSR count). The van der Waals surface area contributed by atoms with Crippen LogP contribution in [0.4, 0.5) is 0 Å². The average Bonchev–Trinajstić information content (AvgIpc) is 3.10. The highest BCUT2D eigenvalue weighted by Crippen LogP contribution is 2.50. The molecule has 0 amide bonds. The van der Waals surface area contributed by atoms with Gasteiger partial charge < -0.3 is 10.3 Å². The highest BCUT2D eigenvalue weighted by molar-refractivity contribution is 5.85. The van der Waals surface area contributed by atoms with Crippen molar-refractivity contribution in [3.05, 3.63) is 71.4 Å². The van der Waals surface area contributed by atoms with Crippen molar-refractivity contribution >= 4 is 10.9 Å². The van der Waals surface area contributed by atoms with Crippen LogP contribution in [0.25, 0.3) is 10.9 Å². The van der Waals surface area contributed by atoms with Gasteiger partial charge in [0.2, 0.25) is 0 Å². The molecule has 0 saturated heterocycles. The fourth-order valence-electron chi connectivity index (χ4n) is 5.64. The largest absolute Gasteiger partial charge is 0.357 e. The van der Waals surface area contributed by atoms with Gasteiger partial charge in [0.05, 0.1) is 5.54 Å². The smallest absolute Gasteiger partial charge is 0.0591 e. The molecule has 1 fully saturated rings. The third-order valence-electron chi connectivity index (χ3n) is 7.23. The lowest BCUT2D eigenvalue weighted by molar-refractivity contribution is 0.0496. The Hall–Kier alpha value is -2.10. The summed E-state index contributed by atoms with van der Waals surface area (Å²) in [7, 11) is 4.49. The fourth-order valence-corrected chi connectivity index (χ4v) is 5.64. The maximum atomic E-state index is 3.93. The van der Waals surface area contributed by atoms with Crippen molar-refractivity contribution in [1.29, 1.82) is 0 Å². The Morgan fingerprint density at radius 2 is 1.56 bits per heavy atom. The molecule has 1 aliphatic heterocycles. The molecule has 27 heavy (non-hydrogen) atoms. The van der Waals surface area contributed by atoms with E-state index in [0.717, 1.165) is 13.0 Å². The summed E-state index contributed by atoms with van der Waals surface area (Å²) >= 11 is 0. The first-order chi connectivity index (χ1) is 13.1. The molecule has 0 bridgehead atoms. The lowest BCUT2D eigenvalue weighted by Crippen LogP contribution is -2.55. The Balaban J connectivity index is 1.53. The third-order valence-corrected chi connectivity index (χ3v) is 7.23. The highest BCUT2D eigenvalue weighted by Gasteiger charge is 2.48. The predicted octanol–water partition coefficient (Wildman–Crippen LogP) is 4.54. The molecular weight excluding hydrogens is 330 g/mol. The number of fused-ring (bicyclic) bond motifs is 4. The number of rotatable bonds is 2. The summed E-state index contributed by atoms with van der Waals surface area (Å²) in [6, 6.07) is 19.9. The molecule has 2 N–H and O–H groups in total. The van der Waals surface area contributed by atoms with Gasteiger partial charge in [-0.25, -0.2) is 0 Å². The van der Waals surface area contributed by atoms with Gasteiger partial charge in [-0.1, -0.05) is 48.5 Å². The average molecular weight is 360 g/mol. The summed E-state index contributed by atoms with van der Waals surface area (Å²) < 4.78 is 0. The van der Waals surface area contributed by atoms with Crippen molar-refractivity contribution in [2.24, 2.45) is 0 Å². The van der Waals surface area contributed by atoms with Gasteiger partial charge in [0.15, 0.2) is 0 Å². The van der Waals surface area contributed by atoms with Gasteiger partial charge in [-0.05, 0) is 63.4 Å². The van der Waals surface area contributed by atoms with E-state index in [1.54, 1.807) is 5.56 Å². The monoisotopic (exact) mass is 359 g/mol. The van der Waals surface area contributed by atoms with Gasteiger partial charge in [0.25, 0.3) is 0 Å². The summed E-state index contributed by atoms with van der Waals surface area (Å²) in [5.41, 5.74) is 5.98. The fraction of sp³-hybridized carbons (Fsp3) is 0.417. The van der Waals surface area contributed by atoms with Gasteiger partial charge >= 0.3 is 0 Å². The molecule has 3 heteroatoms. The van der Waals surface area contributed by atoms with Gasteiger partial charge in [0.1, 0.15) is 0 Å². The van der Waals surface area contributed by atoms with Crippen LogP contribution in [-0.4, -0.2) is 30.5 Å². The minimum absolute atomic E-state index is 0.0981. The molecule has 0 unspecified atom stereocenters. The number of aromatic nitrogens is 1. The van der Waals surface area contributed by atoms with Crippen LogP contribution in [0, 0.1) is 0 Å². The quantitative estimate of drug-likeness (QED) is 0.704. The van der Waals surface area contributed by atoms with E-state index in [1.165, 1.54) is 47.8 Å². The van der Waals surface area contributed by atoms with Crippen LogP contribution >= 0.6 is 0 Å². The molecule has 3 aromatic rings. The number of nitrogens with zero attached hydrogens (tertiary/aromatic N) is 1. The number of benzene rings is 2. The van der Waals surface area contributed by atoms with E-state index in [9.17, 15) is 0 Å². The van der Waals surface area contributed by atoms with E-state index in [0.29, 0.717) is 0 Å². The summed E-state index contributed by atoms with van der Waals surface area (Å²) in [6.45, 7) is 1.08. The zero-order valence-electron chi connectivity index (χ0n) is 16.4. The van der Waals surface area contributed by atoms with Crippen LogP contribution in [-0.2, 0) is 17.5 Å². The molecule has 0 atom stereocenters. The summed E-state index contributed by atoms with van der Waals surface area (Å²) in [6.07, 6.45) is 5.80. The first-order valence-corrected chi connectivity index (χ1v) is 10.2. The Bertz CT molecular complexity index is 946. The van der Waals surface area contributed by atoms with E-state index >= 15 is 0 Å². The van der Waals surface area contributed by atoms with Crippen LogP contribution in [0.1, 0.15) is 42.5 Å². The molecule has 2 heterocycles. The number of H-pyrrole nitrogens is 1. The van der Waals surface area contributed by atoms with E-state index in [4.69, 9.17) is 0 Å². The topological polar surface area (TPSA) is 31.1 Å². The molecule has 1 saturated carbocycles. The number of nitrogens with one attached hydrogen (secondary N) is 2. The van der Waals surface area contributed by atoms with Crippen molar-refractivity contribution in [2.45, 2.75) is 43.2 Å². The Kier molecular flexibility index (Phi) is 3.92. The standard InChI is InChI=1S/C24H29N3/c1-27(2)24(18-8-4-3-5-9-18)15-13-23(14-16-24)22-20(12-17-25-23)19-10-6-7-11-21(19)26-22/h3-11,25-26H,12-17H2,1-2H3/t23-,24+. The van der Waals surface area contributed by atoms with Crippen LogP contribution in [0.15, 0.2) is 54.6 Å². The second kappa shape index (κ2) is 6.22. The lowest BCUT2D eigenvalue weighted by Gasteiger charge is -2.51. The van der Waals surface area contributed by atoms with E-state index in [-0.39, 0.29) is 11.1 Å². The lowest BCUT2D eigenvalue weighted by atomic mass is 9.66. The van der Waals surface area contributed by atoms with Crippen molar-refractivity contribution in [2.75, 3.05) is 20.6 Å². The van der Waals surface area contributed by atoms with Crippen LogP contribution in [0.2, 0.25) is 0 Å². The maximum Gasteiger partial charge on any atom is 0.0591 e. The minimum atomic E-state index is 0.0981. The molecular formula is C24H29N3. The molecule has 1 aliphatic carbocycles. The van der Waals surface area contributed by atoms with E-state index in [2.05, 4.69) is 83.9 Å². The number of para-hydroxylation sites is 1. The Morgan fingerprint density at radius 3 is 2.30 bits per heavy atom. The molecule has 2 aromatic carbocycles. The molecule has 2 aliphatic rings. The summed E-state index contributed by atoms with van der Waals surface area (Å²) in [5.74, 6) is 0.